The van der Waals surface area contributed by atoms with Crippen LogP contribution in [0.2, 0.25) is 0 Å². The molecule has 4 rings (SSSR count). The quantitative estimate of drug-likeness (QED) is 0.874. The Kier molecular flexibility index (Phi) is 3.53. The summed E-state index contributed by atoms with van der Waals surface area (Å²) in [5, 5.41) is 14.2. The van der Waals surface area contributed by atoms with Crippen LogP contribution in [0.3, 0.4) is 0 Å². The second kappa shape index (κ2) is 5.59. The number of amides is 1. The summed E-state index contributed by atoms with van der Waals surface area (Å²) in [5.74, 6) is -0.293. The molecular weight excluding hydrogens is 311 g/mol. The summed E-state index contributed by atoms with van der Waals surface area (Å²) in [7, 11) is 0. The first-order valence-electron chi connectivity index (χ1n) is 8.13. The second-order valence-electron chi connectivity index (χ2n) is 6.63. The minimum Gasteiger partial charge on any atom is -0.504 e. The average molecular weight is 330 g/mol. The molecule has 3 unspecified atom stereocenters. The van der Waals surface area contributed by atoms with Crippen molar-refractivity contribution < 1.29 is 14.3 Å². The van der Waals surface area contributed by atoms with Gasteiger partial charge in [-0.15, -0.1) is 0 Å². The Morgan fingerprint density at radius 3 is 2.83 bits per heavy atom. The van der Waals surface area contributed by atoms with Crippen molar-refractivity contribution in [2.45, 2.75) is 18.9 Å². The van der Waals surface area contributed by atoms with Gasteiger partial charge in [0, 0.05) is 19.1 Å². The molecule has 1 aromatic heterocycles. The molecule has 6 nitrogen and oxygen atoms in total. The van der Waals surface area contributed by atoms with Gasteiger partial charge in [-0.3, -0.25) is 4.79 Å². The molecule has 2 aromatic rings. The second-order valence-corrected chi connectivity index (χ2v) is 6.63. The third-order valence-electron chi connectivity index (χ3n) is 5.20. The molecule has 24 heavy (non-hydrogen) atoms. The van der Waals surface area contributed by atoms with Crippen molar-refractivity contribution >= 4 is 5.91 Å². The molecule has 1 saturated heterocycles. The fourth-order valence-corrected chi connectivity index (χ4v) is 3.90. The van der Waals surface area contributed by atoms with Gasteiger partial charge in [0.15, 0.2) is 11.4 Å². The van der Waals surface area contributed by atoms with E-state index in [2.05, 4.69) is 5.10 Å². The van der Waals surface area contributed by atoms with Crippen molar-refractivity contribution in [2.24, 2.45) is 17.6 Å². The molecule has 1 aliphatic heterocycles. The maximum absolute atomic E-state index is 13.9. The predicted molar refractivity (Wildman–Crippen MR) is 85.3 cm³/mol. The highest BCUT2D eigenvalue weighted by Crippen LogP contribution is 2.38. The summed E-state index contributed by atoms with van der Waals surface area (Å²) < 4.78 is 15.1. The summed E-state index contributed by atoms with van der Waals surface area (Å²) in [6, 6.07) is 6.22. The number of carbonyl (C=O) groups is 1. The molecule has 2 heterocycles. The number of carbonyl (C=O) groups excluding carboxylic acids is 1. The van der Waals surface area contributed by atoms with Gasteiger partial charge in [0.2, 0.25) is 0 Å². The van der Waals surface area contributed by atoms with Gasteiger partial charge in [-0.1, -0.05) is 12.1 Å². The predicted octanol–water partition coefficient (Wildman–Crippen LogP) is 1.53. The van der Waals surface area contributed by atoms with E-state index in [1.54, 1.807) is 17.0 Å². The van der Waals surface area contributed by atoms with Crippen LogP contribution in [0.4, 0.5) is 4.39 Å². The number of hydrogen-bond donors (Lipinski definition) is 2. The summed E-state index contributed by atoms with van der Waals surface area (Å²) in [6.07, 6.45) is 3.30. The van der Waals surface area contributed by atoms with E-state index < -0.39 is 5.82 Å². The van der Waals surface area contributed by atoms with Crippen molar-refractivity contribution in [2.75, 3.05) is 13.1 Å². The minimum absolute atomic E-state index is 0.0493. The van der Waals surface area contributed by atoms with Gasteiger partial charge in [-0.25, -0.2) is 9.07 Å². The minimum atomic E-state index is -0.472. The van der Waals surface area contributed by atoms with E-state index in [4.69, 9.17) is 5.73 Å². The molecule has 0 spiro atoms. The zero-order valence-corrected chi connectivity index (χ0v) is 13.1. The van der Waals surface area contributed by atoms with Gasteiger partial charge in [0.05, 0.1) is 6.20 Å². The van der Waals surface area contributed by atoms with Gasteiger partial charge >= 0.3 is 0 Å². The number of aromatic nitrogens is 2. The highest BCUT2D eigenvalue weighted by molar-refractivity contribution is 5.95. The number of para-hydroxylation sites is 1. The first kappa shape index (κ1) is 15.1. The number of benzene rings is 1. The highest BCUT2D eigenvalue weighted by Gasteiger charge is 2.43. The lowest BCUT2D eigenvalue weighted by Crippen LogP contribution is -2.33. The zero-order valence-electron chi connectivity index (χ0n) is 13.1. The molecule has 2 fully saturated rings. The maximum atomic E-state index is 13.9. The summed E-state index contributed by atoms with van der Waals surface area (Å²) in [5.41, 5.74) is 6.24. The summed E-state index contributed by atoms with van der Waals surface area (Å²) in [6.45, 7) is 1.24. The SMILES string of the molecule is NC1CCC2CN(C(=O)c3nn(-c4ccccc4F)cc3O)CC12. The van der Waals surface area contributed by atoms with Crippen LogP contribution in [0.15, 0.2) is 30.5 Å². The number of fused-ring (bicyclic) bond motifs is 1. The van der Waals surface area contributed by atoms with E-state index >= 15 is 0 Å². The fraction of sp³-hybridized carbons (Fsp3) is 0.412. The van der Waals surface area contributed by atoms with Crippen molar-refractivity contribution in [1.82, 2.24) is 14.7 Å². The molecule has 1 aromatic carbocycles. The van der Waals surface area contributed by atoms with Gasteiger partial charge in [0.1, 0.15) is 11.5 Å². The van der Waals surface area contributed by atoms with Crippen LogP contribution < -0.4 is 5.73 Å². The van der Waals surface area contributed by atoms with E-state index in [9.17, 15) is 14.3 Å². The monoisotopic (exact) mass is 330 g/mol. The first-order chi connectivity index (χ1) is 11.5. The van der Waals surface area contributed by atoms with Crippen LogP contribution in [-0.4, -0.2) is 44.8 Å². The van der Waals surface area contributed by atoms with Crippen molar-refractivity contribution in [3.05, 3.63) is 42.0 Å². The Morgan fingerprint density at radius 1 is 1.29 bits per heavy atom. The largest absolute Gasteiger partial charge is 0.504 e. The van der Waals surface area contributed by atoms with Crippen LogP contribution in [0, 0.1) is 17.7 Å². The fourth-order valence-electron chi connectivity index (χ4n) is 3.90. The van der Waals surface area contributed by atoms with E-state index in [-0.39, 0.29) is 29.1 Å². The van der Waals surface area contributed by atoms with Crippen LogP contribution in [0.1, 0.15) is 23.3 Å². The average Bonchev–Trinajstić information content (AvgIpc) is 3.24. The van der Waals surface area contributed by atoms with Gasteiger partial charge < -0.3 is 15.7 Å². The maximum Gasteiger partial charge on any atom is 0.278 e. The van der Waals surface area contributed by atoms with Crippen LogP contribution >= 0.6 is 0 Å². The normalized spacial score (nSPS) is 25.9. The van der Waals surface area contributed by atoms with E-state index in [1.165, 1.54) is 23.0 Å². The van der Waals surface area contributed by atoms with Gasteiger partial charge in [0.25, 0.3) is 5.91 Å². The molecule has 7 heteroatoms. The molecule has 0 bridgehead atoms. The molecule has 1 amide bonds. The Hall–Kier alpha value is -2.41. The molecule has 2 aliphatic rings. The standard InChI is InChI=1S/C17H19FN4O2/c18-12-3-1-2-4-14(12)22-9-15(23)16(20-22)17(24)21-7-10-5-6-13(19)11(10)8-21/h1-4,9-11,13,23H,5-8,19H2. The Balaban J connectivity index is 1.59. The molecule has 0 radical (unpaired) electrons. The number of hydrogen-bond acceptors (Lipinski definition) is 4. The number of likely N-dealkylation sites (tertiary alicyclic amines) is 1. The molecule has 3 atom stereocenters. The lowest BCUT2D eigenvalue weighted by atomic mass is 9.98. The van der Waals surface area contributed by atoms with Crippen molar-refractivity contribution in [3.8, 4) is 11.4 Å². The van der Waals surface area contributed by atoms with Crippen LogP contribution in [0.5, 0.6) is 5.75 Å². The van der Waals surface area contributed by atoms with Gasteiger partial charge in [-0.05, 0) is 36.8 Å². The third kappa shape index (κ3) is 2.36. The lowest BCUT2D eigenvalue weighted by Gasteiger charge is -2.17. The number of halogens is 1. The summed E-state index contributed by atoms with van der Waals surface area (Å²) >= 11 is 0. The molecular formula is C17H19FN4O2. The Morgan fingerprint density at radius 2 is 2.08 bits per heavy atom. The van der Waals surface area contributed by atoms with E-state index in [0.717, 1.165) is 12.8 Å². The van der Waals surface area contributed by atoms with Crippen LogP contribution in [-0.2, 0) is 0 Å². The Labute approximate surface area is 138 Å². The summed E-state index contributed by atoms with van der Waals surface area (Å²) in [4.78, 5) is 14.4. The molecule has 3 N–H and O–H groups in total. The molecule has 1 saturated carbocycles. The number of nitrogens with two attached hydrogens (primary N) is 1. The van der Waals surface area contributed by atoms with Crippen LogP contribution in [0.25, 0.3) is 5.69 Å². The van der Waals surface area contributed by atoms with Gasteiger partial charge in [-0.2, -0.15) is 5.10 Å². The third-order valence-corrected chi connectivity index (χ3v) is 5.20. The van der Waals surface area contributed by atoms with Crippen molar-refractivity contribution in [1.29, 1.82) is 0 Å². The van der Waals surface area contributed by atoms with E-state index in [1.807, 2.05) is 0 Å². The highest BCUT2D eigenvalue weighted by atomic mass is 19.1. The van der Waals surface area contributed by atoms with Crippen molar-refractivity contribution in [3.63, 3.8) is 0 Å². The number of nitrogens with zero attached hydrogens (tertiary/aromatic N) is 3. The zero-order chi connectivity index (χ0) is 16.8. The first-order valence-corrected chi connectivity index (χ1v) is 8.13. The topological polar surface area (TPSA) is 84.4 Å². The smallest absolute Gasteiger partial charge is 0.278 e. The lowest BCUT2D eigenvalue weighted by molar-refractivity contribution is 0.0770. The Bertz CT molecular complexity index is 791. The number of rotatable bonds is 2. The molecule has 1 aliphatic carbocycles. The molecule has 126 valence electrons. The number of aromatic hydroxyl groups is 1. The van der Waals surface area contributed by atoms with E-state index in [0.29, 0.717) is 24.9 Å².